The van der Waals surface area contributed by atoms with Gasteiger partial charge in [-0.25, -0.2) is 9.97 Å². The van der Waals surface area contributed by atoms with E-state index in [0.717, 1.165) is 17.3 Å². The highest BCUT2D eigenvalue weighted by molar-refractivity contribution is 5.37. The van der Waals surface area contributed by atoms with Gasteiger partial charge < -0.3 is 5.32 Å². The average Bonchev–Trinajstić information content (AvgIpc) is 2.66. The quantitative estimate of drug-likeness (QED) is 0.809. The molecule has 0 radical (unpaired) electrons. The Labute approximate surface area is 117 Å². The molecule has 1 N–H and O–H groups in total. The average molecular weight is 261 g/mol. The predicted molar refractivity (Wildman–Crippen MR) is 80.7 cm³/mol. The van der Waals surface area contributed by atoms with Gasteiger partial charge in [0.05, 0.1) is 5.69 Å². The molecule has 0 atom stereocenters. The van der Waals surface area contributed by atoms with E-state index in [-0.39, 0.29) is 5.41 Å². The first kappa shape index (κ1) is 14.3. The lowest BCUT2D eigenvalue weighted by Gasteiger charge is -2.21. The first-order valence-corrected chi connectivity index (χ1v) is 7.58. The number of nitrogens with one attached hydrogen (secondary N) is 1. The maximum atomic E-state index is 4.87. The Morgan fingerprint density at radius 3 is 2.21 bits per heavy atom. The minimum absolute atomic E-state index is 0.0774. The predicted octanol–water partition coefficient (Wildman–Crippen LogP) is 4.25. The molecule has 2 rings (SSSR count). The fraction of sp³-hybridized carbons (Fsp3) is 0.750. The molecule has 1 fully saturated rings. The Hall–Kier alpha value is -1.12. The van der Waals surface area contributed by atoms with Gasteiger partial charge in [0.15, 0.2) is 0 Å². The van der Waals surface area contributed by atoms with Crippen molar-refractivity contribution >= 4 is 5.82 Å². The molecule has 0 aliphatic heterocycles. The Morgan fingerprint density at radius 2 is 1.68 bits per heavy atom. The Balaban J connectivity index is 2.33. The third-order valence-corrected chi connectivity index (χ3v) is 3.99. The van der Waals surface area contributed by atoms with Crippen molar-refractivity contribution in [2.45, 2.75) is 70.6 Å². The van der Waals surface area contributed by atoms with Crippen LogP contribution in [0.3, 0.4) is 0 Å². The summed E-state index contributed by atoms with van der Waals surface area (Å²) in [6.45, 7) is 6.64. The van der Waals surface area contributed by atoms with Crippen LogP contribution in [0.25, 0.3) is 0 Å². The van der Waals surface area contributed by atoms with Crippen LogP contribution in [-0.2, 0) is 5.41 Å². The van der Waals surface area contributed by atoms with E-state index in [2.05, 4.69) is 32.2 Å². The van der Waals surface area contributed by atoms with Crippen molar-refractivity contribution in [1.29, 1.82) is 0 Å². The van der Waals surface area contributed by atoms with Crippen LogP contribution in [-0.4, -0.2) is 17.0 Å². The third-order valence-electron chi connectivity index (χ3n) is 3.99. The summed E-state index contributed by atoms with van der Waals surface area (Å²) < 4.78 is 0. The van der Waals surface area contributed by atoms with Gasteiger partial charge in [-0.2, -0.15) is 0 Å². The highest BCUT2D eigenvalue weighted by atomic mass is 15.0. The van der Waals surface area contributed by atoms with Gasteiger partial charge in [0.2, 0.25) is 0 Å². The molecule has 3 nitrogen and oxygen atoms in total. The lowest BCUT2D eigenvalue weighted by atomic mass is 9.91. The molecule has 106 valence electrons. The lowest BCUT2D eigenvalue weighted by molar-refractivity contribution is 0.528. The highest BCUT2D eigenvalue weighted by Gasteiger charge is 2.22. The zero-order chi connectivity index (χ0) is 13.9. The third kappa shape index (κ3) is 3.68. The second-order valence-electron chi connectivity index (χ2n) is 6.69. The Kier molecular flexibility index (Phi) is 4.43. The summed E-state index contributed by atoms with van der Waals surface area (Å²) in [6.07, 6.45) is 7.88. The summed E-state index contributed by atoms with van der Waals surface area (Å²) in [4.78, 5) is 9.58. The summed E-state index contributed by atoms with van der Waals surface area (Å²) >= 11 is 0. The van der Waals surface area contributed by atoms with Crippen molar-refractivity contribution < 1.29 is 0 Å². The van der Waals surface area contributed by atoms with Gasteiger partial charge in [-0.1, -0.05) is 46.5 Å². The second-order valence-corrected chi connectivity index (χ2v) is 6.69. The van der Waals surface area contributed by atoms with E-state index in [1.54, 1.807) is 0 Å². The molecule has 1 saturated carbocycles. The minimum atomic E-state index is 0.0774. The first-order chi connectivity index (χ1) is 9.00. The zero-order valence-corrected chi connectivity index (χ0v) is 12.8. The molecule has 1 aliphatic rings. The van der Waals surface area contributed by atoms with Gasteiger partial charge in [-0.15, -0.1) is 0 Å². The van der Waals surface area contributed by atoms with Gasteiger partial charge in [0.25, 0.3) is 0 Å². The first-order valence-electron chi connectivity index (χ1n) is 7.58. The van der Waals surface area contributed by atoms with Crippen molar-refractivity contribution in [2.75, 3.05) is 12.4 Å². The van der Waals surface area contributed by atoms with Crippen LogP contribution in [0.4, 0.5) is 5.82 Å². The van der Waals surface area contributed by atoms with Crippen LogP contribution in [0, 0.1) is 0 Å². The van der Waals surface area contributed by atoms with E-state index >= 15 is 0 Å². The van der Waals surface area contributed by atoms with Crippen molar-refractivity contribution in [1.82, 2.24) is 9.97 Å². The fourth-order valence-electron chi connectivity index (χ4n) is 2.70. The normalized spacial score (nSPS) is 18.1. The molecular formula is C16H27N3. The molecular weight excluding hydrogens is 234 g/mol. The second kappa shape index (κ2) is 5.89. The molecule has 0 saturated heterocycles. The van der Waals surface area contributed by atoms with Gasteiger partial charge in [-0.05, 0) is 12.8 Å². The molecule has 0 bridgehead atoms. The summed E-state index contributed by atoms with van der Waals surface area (Å²) in [7, 11) is 1.94. The Morgan fingerprint density at radius 1 is 1.05 bits per heavy atom. The summed E-state index contributed by atoms with van der Waals surface area (Å²) in [6, 6.07) is 2.08. The van der Waals surface area contributed by atoms with Crippen LogP contribution < -0.4 is 5.32 Å². The Bertz CT molecular complexity index is 412. The zero-order valence-electron chi connectivity index (χ0n) is 12.8. The number of aromatic nitrogens is 2. The number of rotatable bonds is 2. The van der Waals surface area contributed by atoms with Gasteiger partial charge >= 0.3 is 0 Å². The maximum absolute atomic E-state index is 4.87. The highest BCUT2D eigenvalue weighted by Crippen LogP contribution is 2.32. The molecule has 0 aromatic carbocycles. The van der Waals surface area contributed by atoms with Crippen molar-refractivity contribution in [2.24, 2.45) is 0 Å². The molecule has 0 unspecified atom stereocenters. The van der Waals surface area contributed by atoms with Crippen molar-refractivity contribution in [3.63, 3.8) is 0 Å². The standard InChI is InChI=1S/C16H27N3/c1-16(2,3)13-11-14(17-4)19-15(18-13)12-9-7-5-6-8-10-12/h11-12H,5-10H2,1-4H3,(H,17,18,19). The smallest absolute Gasteiger partial charge is 0.134 e. The topological polar surface area (TPSA) is 37.8 Å². The van der Waals surface area contributed by atoms with Crippen LogP contribution in [0.15, 0.2) is 6.07 Å². The van der Waals surface area contributed by atoms with E-state index in [0.29, 0.717) is 5.92 Å². The van der Waals surface area contributed by atoms with E-state index in [1.165, 1.54) is 38.5 Å². The van der Waals surface area contributed by atoms with E-state index in [1.807, 2.05) is 7.05 Å². The molecule has 1 heterocycles. The summed E-state index contributed by atoms with van der Waals surface area (Å²) in [5.41, 5.74) is 1.22. The summed E-state index contributed by atoms with van der Waals surface area (Å²) in [5, 5.41) is 3.18. The van der Waals surface area contributed by atoms with Crippen molar-refractivity contribution in [3.05, 3.63) is 17.6 Å². The van der Waals surface area contributed by atoms with E-state index < -0.39 is 0 Å². The fourth-order valence-corrected chi connectivity index (χ4v) is 2.70. The number of hydrogen-bond donors (Lipinski definition) is 1. The molecule has 1 aromatic heterocycles. The van der Waals surface area contributed by atoms with Crippen LogP contribution in [0.1, 0.15) is 76.7 Å². The van der Waals surface area contributed by atoms with Gasteiger partial charge in [-0.3, -0.25) is 0 Å². The lowest BCUT2D eigenvalue weighted by Crippen LogP contribution is -2.17. The minimum Gasteiger partial charge on any atom is -0.373 e. The molecule has 0 spiro atoms. The molecule has 19 heavy (non-hydrogen) atoms. The number of anilines is 1. The van der Waals surface area contributed by atoms with Gasteiger partial charge in [0.1, 0.15) is 11.6 Å². The number of nitrogens with zero attached hydrogens (tertiary/aromatic N) is 2. The largest absolute Gasteiger partial charge is 0.373 e. The maximum Gasteiger partial charge on any atom is 0.134 e. The molecule has 0 amide bonds. The van der Waals surface area contributed by atoms with E-state index in [9.17, 15) is 0 Å². The van der Waals surface area contributed by atoms with Crippen LogP contribution >= 0.6 is 0 Å². The van der Waals surface area contributed by atoms with E-state index in [4.69, 9.17) is 9.97 Å². The number of hydrogen-bond acceptors (Lipinski definition) is 3. The molecule has 3 heteroatoms. The van der Waals surface area contributed by atoms with Gasteiger partial charge in [0, 0.05) is 24.4 Å². The van der Waals surface area contributed by atoms with Crippen LogP contribution in [0.5, 0.6) is 0 Å². The monoisotopic (exact) mass is 261 g/mol. The van der Waals surface area contributed by atoms with Crippen molar-refractivity contribution in [3.8, 4) is 0 Å². The molecule has 1 aromatic rings. The molecule has 1 aliphatic carbocycles. The van der Waals surface area contributed by atoms with Crippen LogP contribution in [0.2, 0.25) is 0 Å². The summed E-state index contributed by atoms with van der Waals surface area (Å²) in [5.74, 6) is 2.56. The SMILES string of the molecule is CNc1cc(C(C)(C)C)nc(C2CCCCCC2)n1.